The number of carbonyl (C=O) groups excluding carboxylic acids is 1. The van der Waals surface area contributed by atoms with E-state index in [0.717, 1.165) is 5.69 Å². The molecule has 0 spiro atoms. The van der Waals surface area contributed by atoms with Gasteiger partial charge in [0.2, 0.25) is 5.91 Å². The minimum absolute atomic E-state index is 0.0465. The molecule has 0 bridgehead atoms. The zero-order valence-corrected chi connectivity index (χ0v) is 13.0. The number of nitro groups is 1. The zero-order valence-electron chi connectivity index (χ0n) is 13.0. The predicted octanol–water partition coefficient (Wildman–Crippen LogP) is 2.55. The molecular formula is C17H17N3O4. The highest BCUT2D eigenvalue weighted by Crippen LogP contribution is 2.20. The SMILES string of the molecule is O=C(/C=C/c1ccco1)N1CCN(c2ccc([N+](=O)[O-])cc2)CC1. The van der Waals surface area contributed by atoms with Gasteiger partial charge in [-0.1, -0.05) is 0 Å². The van der Waals surface area contributed by atoms with Crippen molar-refractivity contribution in [3.8, 4) is 0 Å². The summed E-state index contributed by atoms with van der Waals surface area (Å²) >= 11 is 0. The molecule has 0 aliphatic carbocycles. The number of furan rings is 1. The number of amides is 1. The molecule has 7 nitrogen and oxygen atoms in total. The van der Waals surface area contributed by atoms with Crippen LogP contribution in [-0.2, 0) is 4.79 Å². The van der Waals surface area contributed by atoms with Crippen molar-refractivity contribution in [2.24, 2.45) is 0 Å². The largest absolute Gasteiger partial charge is 0.465 e. The third-order valence-electron chi connectivity index (χ3n) is 3.95. The van der Waals surface area contributed by atoms with E-state index < -0.39 is 4.92 Å². The molecule has 1 aromatic heterocycles. The summed E-state index contributed by atoms with van der Waals surface area (Å²) < 4.78 is 5.16. The maximum Gasteiger partial charge on any atom is 0.269 e. The maximum atomic E-state index is 12.2. The number of piperazine rings is 1. The van der Waals surface area contributed by atoms with Crippen molar-refractivity contribution in [2.75, 3.05) is 31.1 Å². The molecule has 1 aromatic carbocycles. The van der Waals surface area contributed by atoms with Crippen molar-refractivity contribution < 1.29 is 14.1 Å². The first-order valence-corrected chi connectivity index (χ1v) is 7.63. The molecule has 24 heavy (non-hydrogen) atoms. The Bertz CT molecular complexity index is 730. The fraction of sp³-hybridized carbons (Fsp3) is 0.235. The zero-order chi connectivity index (χ0) is 16.9. The van der Waals surface area contributed by atoms with Crippen LogP contribution in [0.4, 0.5) is 11.4 Å². The van der Waals surface area contributed by atoms with E-state index in [2.05, 4.69) is 4.90 Å². The van der Waals surface area contributed by atoms with Gasteiger partial charge in [0, 0.05) is 50.1 Å². The van der Waals surface area contributed by atoms with Gasteiger partial charge in [0.1, 0.15) is 5.76 Å². The summed E-state index contributed by atoms with van der Waals surface area (Å²) in [6, 6.07) is 10.0. The standard InChI is InChI=1S/C17H17N3O4/c21-17(8-7-16-2-1-13-24-16)19-11-9-18(10-12-19)14-3-5-15(6-4-14)20(22)23/h1-8,13H,9-12H2/b8-7+. The van der Waals surface area contributed by atoms with Crippen LogP contribution in [0, 0.1) is 10.1 Å². The first-order valence-electron chi connectivity index (χ1n) is 7.63. The van der Waals surface area contributed by atoms with Crippen molar-refractivity contribution in [1.82, 2.24) is 4.90 Å². The molecule has 1 saturated heterocycles. The van der Waals surface area contributed by atoms with Crippen LogP contribution in [0.25, 0.3) is 6.08 Å². The molecule has 1 amide bonds. The van der Waals surface area contributed by atoms with E-state index in [1.807, 2.05) is 0 Å². The number of nitrogens with zero attached hydrogens (tertiary/aromatic N) is 3. The van der Waals surface area contributed by atoms with Crippen LogP contribution in [0.3, 0.4) is 0 Å². The molecule has 1 aliphatic heterocycles. The van der Waals surface area contributed by atoms with Crippen LogP contribution in [-0.4, -0.2) is 41.9 Å². The molecule has 7 heteroatoms. The Kier molecular flexibility index (Phi) is 4.60. The monoisotopic (exact) mass is 327 g/mol. The van der Waals surface area contributed by atoms with E-state index >= 15 is 0 Å². The molecule has 2 heterocycles. The lowest BCUT2D eigenvalue weighted by atomic mass is 10.2. The number of hydrogen-bond donors (Lipinski definition) is 0. The van der Waals surface area contributed by atoms with Gasteiger partial charge in [0.05, 0.1) is 11.2 Å². The first kappa shape index (κ1) is 15.8. The highest BCUT2D eigenvalue weighted by atomic mass is 16.6. The first-order chi connectivity index (χ1) is 11.6. The van der Waals surface area contributed by atoms with Gasteiger partial charge in [-0.15, -0.1) is 0 Å². The van der Waals surface area contributed by atoms with Crippen LogP contribution in [0.1, 0.15) is 5.76 Å². The number of carbonyl (C=O) groups is 1. The van der Waals surface area contributed by atoms with Gasteiger partial charge in [-0.25, -0.2) is 0 Å². The molecule has 124 valence electrons. The van der Waals surface area contributed by atoms with Crippen molar-refractivity contribution in [3.05, 3.63) is 64.6 Å². The average Bonchev–Trinajstić information content (AvgIpc) is 3.13. The summed E-state index contributed by atoms with van der Waals surface area (Å²) in [5.41, 5.74) is 1.01. The molecule has 0 saturated carbocycles. The lowest BCUT2D eigenvalue weighted by molar-refractivity contribution is -0.384. The summed E-state index contributed by atoms with van der Waals surface area (Å²) in [4.78, 5) is 26.3. The van der Waals surface area contributed by atoms with E-state index in [4.69, 9.17) is 4.42 Å². The van der Waals surface area contributed by atoms with E-state index in [0.29, 0.717) is 31.9 Å². The lowest BCUT2D eigenvalue weighted by Crippen LogP contribution is -2.48. The molecule has 0 N–H and O–H groups in total. The topological polar surface area (TPSA) is 79.8 Å². The molecular weight excluding hydrogens is 310 g/mol. The molecule has 0 radical (unpaired) electrons. The van der Waals surface area contributed by atoms with Crippen LogP contribution in [0.15, 0.2) is 53.2 Å². The van der Waals surface area contributed by atoms with Gasteiger partial charge < -0.3 is 14.2 Å². The van der Waals surface area contributed by atoms with Crippen molar-refractivity contribution in [3.63, 3.8) is 0 Å². The van der Waals surface area contributed by atoms with Crippen molar-refractivity contribution >= 4 is 23.4 Å². The van der Waals surface area contributed by atoms with Crippen LogP contribution >= 0.6 is 0 Å². The Balaban J connectivity index is 1.55. The van der Waals surface area contributed by atoms with E-state index in [9.17, 15) is 14.9 Å². The Hall–Kier alpha value is -3.09. The summed E-state index contributed by atoms with van der Waals surface area (Å²) in [5.74, 6) is 0.600. The molecule has 0 unspecified atom stereocenters. The Morgan fingerprint density at radius 2 is 1.83 bits per heavy atom. The predicted molar refractivity (Wildman–Crippen MR) is 89.6 cm³/mol. The maximum absolute atomic E-state index is 12.2. The second-order valence-electron chi connectivity index (χ2n) is 5.43. The number of nitro benzene ring substituents is 1. The highest BCUT2D eigenvalue weighted by molar-refractivity contribution is 5.91. The quantitative estimate of drug-likeness (QED) is 0.490. The fourth-order valence-corrected chi connectivity index (χ4v) is 2.62. The summed E-state index contributed by atoms with van der Waals surface area (Å²) in [6.45, 7) is 2.60. The molecule has 3 rings (SSSR count). The highest BCUT2D eigenvalue weighted by Gasteiger charge is 2.20. The lowest BCUT2D eigenvalue weighted by Gasteiger charge is -2.35. The third-order valence-corrected chi connectivity index (χ3v) is 3.95. The number of benzene rings is 1. The second-order valence-corrected chi connectivity index (χ2v) is 5.43. The smallest absolute Gasteiger partial charge is 0.269 e. The van der Waals surface area contributed by atoms with Crippen molar-refractivity contribution in [1.29, 1.82) is 0 Å². The van der Waals surface area contributed by atoms with Gasteiger partial charge in [-0.05, 0) is 30.3 Å². The van der Waals surface area contributed by atoms with Crippen molar-refractivity contribution in [2.45, 2.75) is 0 Å². The number of anilines is 1. The summed E-state index contributed by atoms with van der Waals surface area (Å²) in [5, 5.41) is 10.7. The van der Waals surface area contributed by atoms with Crippen LogP contribution in [0.5, 0.6) is 0 Å². The minimum Gasteiger partial charge on any atom is -0.465 e. The van der Waals surface area contributed by atoms with E-state index in [1.165, 1.54) is 18.2 Å². The normalized spacial score (nSPS) is 15.0. The minimum atomic E-state index is -0.411. The molecule has 0 atom stereocenters. The Morgan fingerprint density at radius 1 is 1.12 bits per heavy atom. The van der Waals surface area contributed by atoms with E-state index in [-0.39, 0.29) is 11.6 Å². The number of non-ortho nitro benzene ring substituents is 1. The van der Waals surface area contributed by atoms with Crippen LogP contribution in [0.2, 0.25) is 0 Å². The van der Waals surface area contributed by atoms with Crippen LogP contribution < -0.4 is 4.90 Å². The third kappa shape index (κ3) is 3.62. The second kappa shape index (κ2) is 6.99. The average molecular weight is 327 g/mol. The van der Waals surface area contributed by atoms with Gasteiger partial charge in [-0.2, -0.15) is 0 Å². The molecule has 1 fully saturated rings. The van der Waals surface area contributed by atoms with E-state index in [1.54, 1.807) is 41.5 Å². The number of hydrogen-bond acceptors (Lipinski definition) is 5. The van der Waals surface area contributed by atoms with Gasteiger partial charge in [0.25, 0.3) is 5.69 Å². The van der Waals surface area contributed by atoms with Gasteiger partial charge in [0.15, 0.2) is 0 Å². The van der Waals surface area contributed by atoms with Gasteiger partial charge in [-0.3, -0.25) is 14.9 Å². The number of rotatable bonds is 4. The fourth-order valence-electron chi connectivity index (χ4n) is 2.62. The summed E-state index contributed by atoms with van der Waals surface area (Å²) in [7, 11) is 0. The molecule has 2 aromatic rings. The molecule has 1 aliphatic rings. The van der Waals surface area contributed by atoms with Gasteiger partial charge >= 0.3 is 0 Å². The Morgan fingerprint density at radius 3 is 2.42 bits per heavy atom. The summed E-state index contributed by atoms with van der Waals surface area (Å²) in [6.07, 6.45) is 4.73. The Labute approximate surface area is 138 Å².